The highest BCUT2D eigenvalue weighted by Crippen LogP contribution is 2.26. The number of hydrogen-bond donors (Lipinski definition) is 2. The fraction of sp³-hybridized carbons (Fsp3) is 0.583. The summed E-state index contributed by atoms with van der Waals surface area (Å²) in [6.45, 7) is 3.57. The van der Waals surface area contributed by atoms with Crippen molar-refractivity contribution < 1.29 is 4.92 Å². The van der Waals surface area contributed by atoms with E-state index >= 15 is 0 Å². The molecule has 2 rings (SSSR count). The van der Waals surface area contributed by atoms with Crippen LogP contribution >= 0.6 is 0 Å². The van der Waals surface area contributed by atoms with E-state index in [1.165, 1.54) is 0 Å². The van der Waals surface area contributed by atoms with Crippen molar-refractivity contribution in [3.63, 3.8) is 0 Å². The first-order chi connectivity index (χ1) is 8.68. The summed E-state index contributed by atoms with van der Waals surface area (Å²) in [5.41, 5.74) is 0.723. The van der Waals surface area contributed by atoms with E-state index in [0.717, 1.165) is 32.4 Å². The third kappa shape index (κ3) is 2.95. The number of nitrogens with one attached hydrogen (secondary N) is 2. The number of aryl methyl sites for hydroxylation is 1. The van der Waals surface area contributed by atoms with Crippen LogP contribution in [0.5, 0.6) is 0 Å². The fourth-order valence-electron chi connectivity index (χ4n) is 2.22. The molecule has 0 amide bonds. The molecule has 1 aliphatic heterocycles. The Morgan fingerprint density at radius 3 is 3.17 bits per heavy atom. The summed E-state index contributed by atoms with van der Waals surface area (Å²) in [5.74, 6) is 0.383. The van der Waals surface area contributed by atoms with Crippen molar-refractivity contribution in [2.24, 2.45) is 0 Å². The Labute approximate surface area is 106 Å². The standard InChI is InChI=1S/C12H18N4O2/c1-9-5-7-14-12(11(9)16(17)18)15-10-4-2-3-6-13-8-10/h5,7,10,13H,2-4,6,8H2,1H3,(H,14,15). The zero-order valence-electron chi connectivity index (χ0n) is 10.5. The van der Waals surface area contributed by atoms with Crippen LogP contribution in [0.2, 0.25) is 0 Å². The summed E-state index contributed by atoms with van der Waals surface area (Å²) in [5, 5.41) is 17.6. The van der Waals surface area contributed by atoms with Gasteiger partial charge in [-0.25, -0.2) is 4.98 Å². The summed E-state index contributed by atoms with van der Waals surface area (Å²) in [7, 11) is 0. The van der Waals surface area contributed by atoms with Gasteiger partial charge < -0.3 is 10.6 Å². The molecule has 1 aromatic rings. The lowest BCUT2D eigenvalue weighted by atomic mass is 10.1. The maximum absolute atomic E-state index is 11.1. The van der Waals surface area contributed by atoms with E-state index in [-0.39, 0.29) is 16.7 Å². The van der Waals surface area contributed by atoms with E-state index in [1.54, 1.807) is 19.2 Å². The second-order valence-corrected chi connectivity index (χ2v) is 4.62. The van der Waals surface area contributed by atoms with Crippen LogP contribution in [0.4, 0.5) is 11.5 Å². The number of rotatable bonds is 3. The normalized spacial score (nSPS) is 20.2. The predicted octanol–water partition coefficient (Wildman–Crippen LogP) is 1.85. The number of pyridine rings is 1. The second-order valence-electron chi connectivity index (χ2n) is 4.62. The van der Waals surface area contributed by atoms with Gasteiger partial charge in [0.25, 0.3) is 0 Å². The van der Waals surface area contributed by atoms with Crippen molar-refractivity contribution >= 4 is 11.5 Å². The van der Waals surface area contributed by atoms with Gasteiger partial charge in [0.1, 0.15) is 0 Å². The van der Waals surface area contributed by atoms with Gasteiger partial charge in [-0.3, -0.25) is 10.1 Å². The van der Waals surface area contributed by atoms with Gasteiger partial charge in [0.2, 0.25) is 5.82 Å². The van der Waals surface area contributed by atoms with Crippen LogP contribution in [-0.2, 0) is 0 Å². The van der Waals surface area contributed by atoms with Gasteiger partial charge in [-0.1, -0.05) is 6.42 Å². The van der Waals surface area contributed by atoms with Crippen molar-refractivity contribution in [1.29, 1.82) is 0 Å². The third-order valence-corrected chi connectivity index (χ3v) is 3.20. The average Bonchev–Trinajstić information content (AvgIpc) is 2.57. The molecule has 98 valence electrons. The molecule has 0 spiro atoms. The summed E-state index contributed by atoms with van der Waals surface area (Å²) in [6.07, 6.45) is 4.90. The van der Waals surface area contributed by atoms with Crippen molar-refractivity contribution in [3.8, 4) is 0 Å². The summed E-state index contributed by atoms with van der Waals surface area (Å²) in [4.78, 5) is 14.8. The highest BCUT2D eigenvalue weighted by Gasteiger charge is 2.21. The Bertz CT molecular complexity index is 428. The summed E-state index contributed by atoms with van der Waals surface area (Å²) >= 11 is 0. The first-order valence-electron chi connectivity index (χ1n) is 6.25. The van der Waals surface area contributed by atoms with Crippen LogP contribution in [0, 0.1) is 17.0 Å². The number of nitrogens with zero attached hydrogens (tertiary/aromatic N) is 2. The molecule has 1 aromatic heterocycles. The SMILES string of the molecule is Cc1ccnc(NC2CCCCNC2)c1[N+](=O)[O-]. The summed E-state index contributed by atoms with van der Waals surface area (Å²) in [6, 6.07) is 1.87. The van der Waals surface area contributed by atoms with Crippen molar-refractivity contribution in [1.82, 2.24) is 10.3 Å². The predicted molar refractivity (Wildman–Crippen MR) is 69.8 cm³/mol. The molecule has 0 saturated carbocycles. The Morgan fingerprint density at radius 2 is 2.39 bits per heavy atom. The van der Waals surface area contributed by atoms with Crippen LogP contribution in [0.15, 0.2) is 12.3 Å². The molecule has 1 unspecified atom stereocenters. The fourth-order valence-corrected chi connectivity index (χ4v) is 2.22. The second kappa shape index (κ2) is 5.77. The molecule has 1 atom stereocenters. The molecule has 0 aliphatic carbocycles. The highest BCUT2D eigenvalue weighted by molar-refractivity contribution is 5.60. The Morgan fingerprint density at radius 1 is 1.56 bits per heavy atom. The minimum Gasteiger partial charge on any atom is -0.360 e. The molecular weight excluding hydrogens is 232 g/mol. The number of hydrogen-bond acceptors (Lipinski definition) is 5. The van der Waals surface area contributed by atoms with E-state index in [0.29, 0.717) is 11.4 Å². The van der Waals surface area contributed by atoms with E-state index < -0.39 is 0 Å². The van der Waals surface area contributed by atoms with E-state index in [4.69, 9.17) is 0 Å². The van der Waals surface area contributed by atoms with E-state index in [1.807, 2.05) is 0 Å². The lowest BCUT2D eigenvalue weighted by Gasteiger charge is -2.17. The molecule has 1 aliphatic rings. The summed E-state index contributed by atoms with van der Waals surface area (Å²) < 4.78 is 0. The molecular formula is C12H18N4O2. The van der Waals surface area contributed by atoms with Gasteiger partial charge in [0, 0.05) is 24.3 Å². The maximum atomic E-state index is 11.1. The first-order valence-corrected chi connectivity index (χ1v) is 6.25. The van der Waals surface area contributed by atoms with Gasteiger partial charge in [0.15, 0.2) is 0 Å². The lowest BCUT2D eigenvalue weighted by Crippen LogP contribution is -2.31. The van der Waals surface area contributed by atoms with Gasteiger partial charge in [-0.15, -0.1) is 0 Å². The molecule has 0 radical (unpaired) electrons. The Hall–Kier alpha value is -1.69. The molecule has 6 nitrogen and oxygen atoms in total. The van der Waals surface area contributed by atoms with Crippen molar-refractivity contribution in [2.75, 3.05) is 18.4 Å². The number of anilines is 1. The zero-order chi connectivity index (χ0) is 13.0. The monoisotopic (exact) mass is 250 g/mol. The Balaban J connectivity index is 2.17. The number of aromatic nitrogens is 1. The topological polar surface area (TPSA) is 80.1 Å². The van der Waals surface area contributed by atoms with Gasteiger partial charge in [-0.2, -0.15) is 0 Å². The highest BCUT2D eigenvalue weighted by atomic mass is 16.6. The smallest absolute Gasteiger partial charge is 0.314 e. The van der Waals surface area contributed by atoms with Gasteiger partial charge >= 0.3 is 5.69 Å². The van der Waals surface area contributed by atoms with Gasteiger partial charge in [-0.05, 0) is 32.4 Å². The maximum Gasteiger partial charge on any atom is 0.314 e. The zero-order valence-corrected chi connectivity index (χ0v) is 10.5. The van der Waals surface area contributed by atoms with Crippen LogP contribution in [0.3, 0.4) is 0 Å². The van der Waals surface area contributed by atoms with E-state index in [2.05, 4.69) is 15.6 Å². The molecule has 18 heavy (non-hydrogen) atoms. The van der Waals surface area contributed by atoms with Crippen molar-refractivity contribution in [3.05, 3.63) is 27.9 Å². The van der Waals surface area contributed by atoms with E-state index in [9.17, 15) is 10.1 Å². The van der Waals surface area contributed by atoms with Gasteiger partial charge in [0.05, 0.1) is 4.92 Å². The van der Waals surface area contributed by atoms with Crippen LogP contribution < -0.4 is 10.6 Å². The molecule has 1 saturated heterocycles. The largest absolute Gasteiger partial charge is 0.360 e. The average molecular weight is 250 g/mol. The molecule has 0 aromatic carbocycles. The molecule has 0 bridgehead atoms. The molecule has 6 heteroatoms. The van der Waals surface area contributed by atoms with Crippen LogP contribution in [0.1, 0.15) is 24.8 Å². The quantitative estimate of drug-likeness (QED) is 0.632. The third-order valence-electron chi connectivity index (χ3n) is 3.20. The van der Waals surface area contributed by atoms with Crippen LogP contribution in [0.25, 0.3) is 0 Å². The minimum absolute atomic E-state index is 0.0850. The molecule has 1 fully saturated rings. The number of nitro groups is 1. The molecule has 2 N–H and O–H groups in total. The molecule has 2 heterocycles. The minimum atomic E-state index is -0.366. The Kier molecular flexibility index (Phi) is 4.09. The van der Waals surface area contributed by atoms with Crippen LogP contribution in [-0.4, -0.2) is 29.0 Å². The lowest BCUT2D eigenvalue weighted by molar-refractivity contribution is -0.384. The first kappa shape index (κ1) is 12.8. The van der Waals surface area contributed by atoms with Crippen molar-refractivity contribution in [2.45, 2.75) is 32.2 Å².